The maximum absolute atomic E-state index is 5.16. The van der Waals surface area contributed by atoms with Crippen LogP contribution >= 0.6 is 0 Å². The second-order valence-electron chi connectivity index (χ2n) is 4.53. The van der Waals surface area contributed by atoms with Gasteiger partial charge in [0.1, 0.15) is 0 Å². The summed E-state index contributed by atoms with van der Waals surface area (Å²) in [7, 11) is 0. The normalized spacial score (nSPS) is 19.1. The molecule has 0 spiro atoms. The molecule has 1 saturated carbocycles. The van der Waals surface area contributed by atoms with E-state index in [1.807, 2.05) is 6.92 Å². The molecule has 1 aliphatic carbocycles. The van der Waals surface area contributed by atoms with Crippen LogP contribution in [0.1, 0.15) is 63.6 Å². The Labute approximate surface area is 96.8 Å². The molecule has 0 bridgehead atoms. The van der Waals surface area contributed by atoms with Gasteiger partial charge in [-0.3, -0.25) is 0 Å². The van der Waals surface area contributed by atoms with Crippen molar-refractivity contribution in [1.82, 2.24) is 10.1 Å². The molecule has 4 nitrogen and oxygen atoms in total. The highest BCUT2D eigenvalue weighted by molar-refractivity contribution is 5.18. The minimum Gasteiger partial charge on any atom is -0.338 e. The highest BCUT2D eigenvalue weighted by Gasteiger charge is 2.18. The van der Waals surface area contributed by atoms with Crippen LogP contribution < -0.4 is 5.32 Å². The lowest BCUT2D eigenvalue weighted by Crippen LogP contribution is -2.04. The van der Waals surface area contributed by atoms with Crippen LogP contribution in [-0.4, -0.2) is 16.7 Å². The third-order valence-corrected chi connectivity index (χ3v) is 3.24. The molecule has 1 aliphatic rings. The van der Waals surface area contributed by atoms with Gasteiger partial charge in [0.15, 0.2) is 5.82 Å². The van der Waals surface area contributed by atoms with Gasteiger partial charge in [-0.2, -0.15) is 4.98 Å². The second kappa shape index (κ2) is 5.87. The Morgan fingerprint density at radius 2 is 1.88 bits per heavy atom. The molecular weight excluding hydrogens is 202 g/mol. The van der Waals surface area contributed by atoms with Crippen LogP contribution in [0, 0.1) is 0 Å². The number of aromatic nitrogens is 2. The predicted octanol–water partition coefficient (Wildman–Crippen LogP) is 3.33. The molecule has 16 heavy (non-hydrogen) atoms. The van der Waals surface area contributed by atoms with Gasteiger partial charge >= 0.3 is 6.01 Å². The van der Waals surface area contributed by atoms with Crippen molar-refractivity contribution < 1.29 is 4.52 Å². The largest absolute Gasteiger partial charge is 0.338 e. The molecule has 1 aromatic rings. The van der Waals surface area contributed by atoms with E-state index in [-0.39, 0.29) is 0 Å². The third kappa shape index (κ3) is 2.97. The van der Waals surface area contributed by atoms with Crippen LogP contribution in [0.3, 0.4) is 0 Å². The Bertz CT molecular complexity index is 303. The van der Waals surface area contributed by atoms with E-state index < -0.39 is 0 Å². The Morgan fingerprint density at radius 1 is 1.19 bits per heavy atom. The fraction of sp³-hybridized carbons (Fsp3) is 0.833. The highest BCUT2D eigenvalue weighted by Crippen LogP contribution is 2.29. The van der Waals surface area contributed by atoms with Gasteiger partial charge in [0.25, 0.3) is 0 Å². The standard InChI is InChI=1S/C12H21N3O/c1-2-13-12-14-11(15-16-12)10-8-6-4-3-5-7-9-10/h10H,2-9H2,1H3,(H,13,14,15). The molecule has 0 aliphatic heterocycles. The summed E-state index contributed by atoms with van der Waals surface area (Å²) >= 11 is 0. The molecule has 2 rings (SSSR count). The molecule has 0 amide bonds. The van der Waals surface area contributed by atoms with Crippen LogP contribution in [0.5, 0.6) is 0 Å². The lowest BCUT2D eigenvalue weighted by atomic mass is 9.91. The van der Waals surface area contributed by atoms with Crippen LogP contribution in [0.25, 0.3) is 0 Å². The van der Waals surface area contributed by atoms with Crippen molar-refractivity contribution in [2.24, 2.45) is 0 Å². The zero-order chi connectivity index (χ0) is 11.2. The summed E-state index contributed by atoms with van der Waals surface area (Å²) < 4.78 is 5.16. The summed E-state index contributed by atoms with van der Waals surface area (Å²) in [5, 5.41) is 7.14. The minimum atomic E-state index is 0.511. The second-order valence-corrected chi connectivity index (χ2v) is 4.53. The monoisotopic (exact) mass is 223 g/mol. The first-order valence-electron chi connectivity index (χ1n) is 6.47. The van der Waals surface area contributed by atoms with Crippen molar-refractivity contribution in [2.75, 3.05) is 11.9 Å². The molecule has 0 radical (unpaired) electrons. The summed E-state index contributed by atoms with van der Waals surface area (Å²) in [6, 6.07) is 0.569. The van der Waals surface area contributed by atoms with Gasteiger partial charge < -0.3 is 9.84 Å². The zero-order valence-corrected chi connectivity index (χ0v) is 10.0. The number of rotatable bonds is 3. The fourth-order valence-electron chi connectivity index (χ4n) is 2.34. The van der Waals surface area contributed by atoms with Crippen LogP contribution in [-0.2, 0) is 0 Å². The minimum absolute atomic E-state index is 0.511. The summed E-state index contributed by atoms with van der Waals surface area (Å²) in [6.07, 6.45) is 9.13. The van der Waals surface area contributed by atoms with Gasteiger partial charge in [-0.25, -0.2) is 0 Å². The van der Waals surface area contributed by atoms with Crippen LogP contribution in [0.15, 0.2) is 4.52 Å². The van der Waals surface area contributed by atoms with E-state index in [0.29, 0.717) is 11.9 Å². The van der Waals surface area contributed by atoms with Gasteiger partial charge in [0.2, 0.25) is 0 Å². The first kappa shape index (κ1) is 11.4. The number of anilines is 1. The summed E-state index contributed by atoms with van der Waals surface area (Å²) in [6.45, 7) is 2.85. The molecular formula is C12H21N3O. The van der Waals surface area contributed by atoms with Gasteiger partial charge in [-0.1, -0.05) is 37.3 Å². The van der Waals surface area contributed by atoms with Gasteiger partial charge in [0, 0.05) is 12.5 Å². The quantitative estimate of drug-likeness (QED) is 0.854. The summed E-state index contributed by atoms with van der Waals surface area (Å²) in [5.41, 5.74) is 0. The molecule has 4 heteroatoms. The van der Waals surface area contributed by atoms with Crippen molar-refractivity contribution in [1.29, 1.82) is 0 Å². The first-order chi connectivity index (χ1) is 7.90. The fourth-order valence-corrected chi connectivity index (χ4v) is 2.34. The molecule has 1 fully saturated rings. The van der Waals surface area contributed by atoms with E-state index in [2.05, 4.69) is 15.5 Å². The van der Waals surface area contributed by atoms with Crippen molar-refractivity contribution in [3.63, 3.8) is 0 Å². The SMILES string of the molecule is CCNc1nc(C2CCCCCCC2)no1. The van der Waals surface area contributed by atoms with E-state index in [0.717, 1.165) is 12.4 Å². The summed E-state index contributed by atoms with van der Waals surface area (Å²) in [5.74, 6) is 1.41. The third-order valence-electron chi connectivity index (χ3n) is 3.24. The molecule has 0 aromatic carbocycles. The van der Waals surface area contributed by atoms with Gasteiger partial charge in [-0.15, -0.1) is 0 Å². The first-order valence-corrected chi connectivity index (χ1v) is 6.47. The Balaban J connectivity index is 1.97. The number of nitrogens with one attached hydrogen (secondary N) is 1. The Hall–Kier alpha value is -1.06. The average molecular weight is 223 g/mol. The van der Waals surface area contributed by atoms with Crippen LogP contribution in [0.4, 0.5) is 6.01 Å². The number of nitrogens with zero attached hydrogens (tertiary/aromatic N) is 2. The smallest absolute Gasteiger partial charge is 0.321 e. The van der Waals surface area contributed by atoms with Crippen molar-refractivity contribution in [3.05, 3.63) is 5.82 Å². The predicted molar refractivity (Wildman–Crippen MR) is 63.5 cm³/mol. The van der Waals surface area contributed by atoms with Crippen molar-refractivity contribution in [2.45, 2.75) is 57.8 Å². The van der Waals surface area contributed by atoms with Gasteiger partial charge in [-0.05, 0) is 19.8 Å². The van der Waals surface area contributed by atoms with E-state index in [1.165, 1.54) is 44.9 Å². The van der Waals surface area contributed by atoms with E-state index >= 15 is 0 Å². The lowest BCUT2D eigenvalue weighted by molar-refractivity contribution is 0.393. The maximum atomic E-state index is 5.16. The van der Waals surface area contributed by atoms with E-state index in [9.17, 15) is 0 Å². The van der Waals surface area contributed by atoms with E-state index in [4.69, 9.17) is 4.52 Å². The van der Waals surface area contributed by atoms with E-state index in [1.54, 1.807) is 0 Å². The van der Waals surface area contributed by atoms with Crippen LogP contribution in [0.2, 0.25) is 0 Å². The van der Waals surface area contributed by atoms with Crippen molar-refractivity contribution >= 4 is 6.01 Å². The highest BCUT2D eigenvalue weighted by atomic mass is 16.5. The van der Waals surface area contributed by atoms with Crippen molar-refractivity contribution in [3.8, 4) is 0 Å². The lowest BCUT2D eigenvalue weighted by Gasteiger charge is -2.15. The zero-order valence-electron chi connectivity index (χ0n) is 10.0. The molecule has 90 valence electrons. The Kier molecular flexibility index (Phi) is 4.19. The molecule has 0 saturated heterocycles. The molecule has 0 atom stereocenters. The van der Waals surface area contributed by atoms with Gasteiger partial charge in [0.05, 0.1) is 0 Å². The molecule has 1 aromatic heterocycles. The molecule has 0 unspecified atom stereocenters. The topological polar surface area (TPSA) is 51.0 Å². The summed E-state index contributed by atoms with van der Waals surface area (Å²) in [4.78, 5) is 4.41. The number of hydrogen-bond donors (Lipinski definition) is 1. The molecule has 1 heterocycles. The number of hydrogen-bond acceptors (Lipinski definition) is 4. The Morgan fingerprint density at radius 3 is 2.56 bits per heavy atom. The molecule has 1 N–H and O–H groups in total. The average Bonchev–Trinajstić information content (AvgIpc) is 2.66. The maximum Gasteiger partial charge on any atom is 0.321 e.